The van der Waals surface area contributed by atoms with E-state index in [0.29, 0.717) is 42.0 Å². The Labute approximate surface area is 229 Å². The average molecular weight is 535 g/mol. The van der Waals surface area contributed by atoms with E-state index in [0.717, 1.165) is 22.6 Å². The average Bonchev–Trinajstić information content (AvgIpc) is 2.92. The Morgan fingerprint density at radius 2 is 1.68 bits per heavy atom. The number of carbonyl (C=O) groups excluding carboxylic acids is 2. The molecule has 6 nitrogen and oxygen atoms in total. The fourth-order valence-corrected chi connectivity index (χ4v) is 5.19. The van der Waals surface area contributed by atoms with Crippen LogP contribution in [0.3, 0.4) is 0 Å². The van der Waals surface area contributed by atoms with Gasteiger partial charge in [-0.05, 0) is 65.8 Å². The lowest BCUT2D eigenvalue weighted by Crippen LogP contribution is -2.31. The molecular formula is C31H35ClN2O4. The van der Waals surface area contributed by atoms with Crippen molar-refractivity contribution in [1.82, 2.24) is 0 Å². The summed E-state index contributed by atoms with van der Waals surface area (Å²) in [4.78, 5) is 24.2. The molecule has 0 radical (unpaired) electrons. The van der Waals surface area contributed by atoms with Crippen molar-refractivity contribution >= 4 is 34.8 Å². The van der Waals surface area contributed by atoms with E-state index in [4.69, 9.17) is 21.1 Å². The van der Waals surface area contributed by atoms with Crippen LogP contribution in [0.2, 0.25) is 5.02 Å². The highest BCUT2D eigenvalue weighted by Crippen LogP contribution is 2.45. The van der Waals surface area contributed by atoms with Crippen LogP contribution in [0.1, 0.15) is 56.8 Å². The highest BCUT2D eigenvalue weighted by atomic mass is 35.5. The van der Waals surface area contributed by atoms with E-state index in [1.165, 1.54) is 0 Å². The first-order chi connectivity index (χ1) is 18.3. The van der Waals surface area contributed by atoms with Crippen LogP contribution in [-0.2, 0) is 14.3 Å². The molecule has 0 aliphatic carbocycles. The van der Waals surface area contributed by atoms with E-state index in [2.05, 4.69) is 36.6 Å². The maximum absolute atomic E-state index is 12.5. The number of amides is 2. The summed E-state index contributed by atoms with van der Waals surface area (Å²) >= 11 is 6.48. The third-order valence-electron chi connectivity index (χ3n) is 6.93. The van der Waals surface area contributed by atoms with Crippen LogP contribution in [0.5, 0.6) is 5.75 Å². The van der Waals surface area contributed by atoms with Crippen molar-refractivity contribution in [2.75, 3.05) is 23.8 Å². The molecule has 3 atom stereocenters. The minimum absolute atomic E-state index is 0.0628. The van der Waals surface area contributed by atoms with Crippen LogP contribution in [-0.4, -0.2) is 25.0 Å². The summed E-state index contributed by atoms with van der Waals surface area (Å²) in [5.74, 6) is 1.22. The molecule has 0 saturated carbocycles. The molecule has 0 unspecified atom stereocenters. The molecule has 1 saturated heterocycles. The zero-order valence-electron chi connectivity index (χ0n) is 22.1. The van der Waals surface area contributed by atoms with Crippen LogP contribution < -0.4 is 15.4 Å². The van der Waals surface area contributed by atoms with Crippen molar-refractivity contribution in [1.29, 1.82) is 0 Å². The molecule has 1 heterocycles. The molecule has 0 bridgehead atoms. The molecule has 200 valence electrons. The summed E-state index contributed by atoms with van der Waals surface area (Å²) in [6, 6.07) is 22.8. The van der Waals surface area contributed by atoms with Crippen LogP contribution in [0.15, 0.2) is 72.8 Å². The van der Waals surface area contributed by atoms with E-state index in [1.54, 1.807) is 31.2 Å². The molecular weight excluding hydrogens is 500 g/mol. The van der Waals surface area contributed by atoms with Gasteiger partial charge in [-0.25, -0.2) is 0 Å². The zero-order valence-corrected chi connectivity index (χ0v) is 22.8. The zero-order chi connectivity index (χ0) is 27.1. The van der Waals surface area contributed by atoms with Gasteiger partial charge >= 0.3 is 0 Å². The molecule has 4 rings (SSSR count). The SMILES string of the molecule is CCC(=O)Nc1cccc(NC(=O)COc2cccc([C@@H]3OC[C@@H](c4ccccc4Cl)C[C@H]3C(C)C)c2)c1. The monoisotopic (exact) mass is 534 g/mol. The molecule has 0 aromatic heterocycles. The Bertz CT molecular complexity index is 1260. The van der Waals surface area contributed by atoms with Gasteiger partial charge in [-0.2, -0.15) is 0 Å². The van der Waals surface area contributed by atoms with Gasteiger partial charge in [0.2, 0.25) is 5.91 Å². The van der Waals surface area contributed by atoms with E-state index in [9.17, 15) is 9.59 Å². The Kier molecular flexibility index (Phi) is 9.43. The molecule has 2 amide bonds. The molecule has 1 fully saturated rings. The fraction of sp³-hybridized carbons (Fsp3) is 0.355. The summed E-state index contributed by atoms with van der Waals surface area (Å²) in [7, 11) is 0. The lowest BCUT2D eigenvalue weighted by Gasteiger charge is -2.39. The lowest BCUT2D eigenvalue weighted by molar-refractivity contribution is -0.118. The quantitative estimate of drug-likeness (QED) is 0.304. The highest BCUT2D eigenvalue weighted by molar-refractivity contribution is 6.31. The van der Waals surface area contributed by atoms with Crippen molar-refractivity contribution in [3.8, 4) is 5.75 Å². The predicted molar refractivity (Wildman–Crippen MR) is 152 cm³/mol. The minimum Gasteiger partial charge on any atom is -0.484 e. The van der Waals surface area contributed by atoms with Gasteiger partial charge in [0, 0.05) is 28.7 Å². The number of rotatable bonds is 9. The van der Waals surface area contributed by atoms with Crippen LogP contribution in [0, 0.1) is 11.8 Å². The van der Waals surface area contributed by atoms with E-state index in [1.807, 2.05) is 36.4 Å². The van der Waals surface area contributed by atoms with Gasteiger partial charge in [0.25, 0.3) is 5.91 Å². The largest absolute Gasteiger partial charge is 0.484 e. The minimum atomic E-state index is -0.286. The summed E-state index contributed by atoms with van der Waals surface area (Å²) in [6.45, 7) is 6.70. The maximum Gasteiger partial charge on any atom is 0.262 e. The van der Waals surface area contributed by atoms with Gasteiger partial charge < -0.3 is 20.1 Å². The molecule has 3 aromatic carbocycles. The number of ether oxygens (including phenoxy) is 2. The summed E-state index contributed by atoms with van der Waals surface area (Å²) in [5, 5.41) is 6.39. The molecule has 2 N–H and O–H groups in total. The number of benzene rings is 3. The number of carbonyl (C=O) groups is 2. The predicted octanol–water partition coefficient (Wildman–Crippen LogP) is 7.22. The second-order valence-electron chi connectivity index (χ2n) is 10.0. The van der Waals surface area contributed by atoms with Crippen molar-refractivity contribution in [3.05, 3.63) is 88.9 Å². The van der Waals surface area contributed by atoms with Gasteiger partial charge in [-0.3, -0.25) is 9.59 Å². The van der Waals surface area contributed by atoms with E-state index < -0.39 is 0 Å². The third kappa shape index (κ3) is 7.15. The fourth-order valence-electron chi connectivity index (χ4n) is 4.90. The summed E-state index contributed by atoms with van der Waals surface area (Å²) < 4.78 is 12.3. The summed E-state index contributed by atoms with van der Waals surface area (Å²) in [6.07, 6.45) is 1.30. The Hall–Kier alpha value is -3.35. The lowest BCUT2D eigenvalue weighted by atomic mass is 9.76. The maximum atomic E-state index is 12.5. The molecule has 1 aliphatic rings. The smallest absolute Gasteiger partial charge is 0.262 e. The normalized spacial score (nSPS) is 19.1. The standard InChI is InChI=1S/C31H35ClN2O4/c1-4-29(35)33-23-10-8-11-24(17-23)34-30(36)19-37-25-12-7-9-21(15-25)31-27(20(2)3)16-22(18-38-31)26-13-5-6-14-28(26)32/h5-15,17,20,22,27,31H,4,16,18-19H2,1-3H3,(H,33,35)(H,34,36)/t22-,27-,31-/m0/s1. The third-order valence-corrected chi connectivity index (χ3v) is 7.28. The van der Waals surface area contributed by atoms with Gasteiger partial charge in [0.1, 0.15) is 5.75 Å². The highest BCUT2D eigenvalue weighted by Gasteiger charge is 2.35. The molecule has 1 aliphatic heterocycles. The number of hydrogen-bond donors (Lipinski definition) is 2. The van der Waals surface area contributed by atoms with Crippen LogP contribution >= 0.6 is 11.6 Å². The van der Waals surface area contributed by atoms with E-state index >= 15 is 0 Å². The van der Waals surface area contributed by atoms with Gasteiger partial charge in [0.15, 0.2) is 6.61 Å². The van der Waals surface area contributed by atoms with Crippen LogP contribution in [0.4, 0.5) is 11.4 Å². The van der Waals surface area contributed by atoms with Gasteiger partial charge in [-0.1, -0.05) is 68.8 Å². The molecule has 7 heteroatoms. The number of nitrogens with one attached hydrogen (secondary N) is 2. The number of hydrogen-bond acceptors (Lipinski definition) is 4. The molecule has 3 aromatic rings. The first kappa shape index (κ1) is 27.7. The second-order valence-corrected chi connectivity index (χ2v) is 10.4. The number of anilines is 2. The first-order valence-corrected chi connectivity index (χ1v) is 13.5. The van der Waals surface area contributed by atoms with Crippen molar-refractivity contribution < 1.29 is 19.1 Å². The first-order valence-electron chi connectivity index (χ1n) is 13.1. The molecule has 0 spiro atoms. The Morgan fingerprint density at radius 3 is 2.39 bits per heavy atom. The Morgan fingerprint density at radius 1 is 0.974 bits per heavy atom. The summed E-state index contributed by atoms with van der Waals surface area (Å²) in [5.41, 5.74) is 3.40. The van der Waals surface area contributed by atoms with Crippen molar-refractivity contribution in [2.24, 2.45) is 11.8 Å². The van der Waals surface area contributed by atoms with Crippen LogP contribution in [0.25, 0.3) is 0 Å². The second kappa shape index (κ2) is 12.9. The van der Waals surface area contributed by atoms with Crippen molar-refractivity contribution in [2.45, 2.75) is 45.6 Å². The van der Waals surface area contributed by atoms with Gasteiger partial charge in [-0.15, -0.1) is 0 Å². The van der Waals surface area contributed by atoms with Crippen molar-refractivity contribution in [3.63, 3.8) is 0 Å². The van der Waals surface area contributed by atoms with E-state index in [-0.39, 0.29) is 30.4 Å². The number of halogens is 1. The van der Waals surface area contributed by atoms with Gasteiger partial charge in [0.05, 0.1) is 12.7 Å². The Balaban J connectivity index is 1.38. The molecule has 38 heavy (non-hydrogen) atoms. The topological polar surface area (TPSA) is 76.7 Å².